The maximum absolute atomic E-state index is 11.9. The third-order valence-electron chi connectivity index (χ3n) is 2.57. The van der Waals surface area contributed by atoms with Gasteiger partial charge in [-0.1, -0.05) is 23.7 Å². The zero-order valence-electron chi connectivity index (χ0n) is 10.3. The Kier molecular flexibility index (Phi) is 4.56. The molecule has 1 amide bonds. The highest BCUT2D eigenvalue weighted by Gasteiger charge is 2.06. The molecule has 98 valence electrons. The third-order valence-corrected chi connectivity index (χ3v) is 3.63. The first-order valence-corrected chi connectivity index (χ1v) is 6.88. The third kappa shape index (κ3) is 4.04. The molecule has 2 aromatic rings. The predicted molar refractivity (Wildman–Crippen MR) is 80.5 cm³/mol. The molecule has 0 saturated carbocycles. The molecule has 0 radical (unpaired) electrons. The number of nitrogens with zero attached hydrogens (tertiary/aromatic N) is 1. The summed E-state index contributed by atoms with van der Waals surface area (Å²) < 4.78 is 0.917. The van der Waals surface area contributed by atoms with E-state index in [0.717, 1.165) is 15.6 Å². The number of carbonyl (C=O) groups is 1. The molecule has 1 aromatic carbocycles. The Morgan fingerprint density at radius 3 is 2.89 bits per heavy atom. The average Bonchev–Trinajstić information content (AvgIpc) is 2.34. The molecule has 0 aliphatic rings. The minimum Gasteiger partial charge on any atom is -0.310 e. The second-order valence-electron chi connectivity index (χ2n) is 4.17. The number of hydrogen-bond donors (Lipinski definition) is 1. The van der Waals surface area contributed by atoms with Gasteiger partial charge in [-0.25, -0.2) is 4.98 Å². The van der Waals surface area contributed by atoms with Gasteiger partial charge in [-0.05, 0) is 52.2 Å². The number of anilines is 1. The number of amides is 1. The van der Waals surface area contributed by atoms with Gasteiger partial charge in [0, 0.05) is 15.7 Å². The van der Waals surface area contributed by atoms with Gasteiger partial charge in [0.2, 0.25) is 5.91 Å². The number of halogens is 2. The van der Waals surface area contributed by atoms with Gasteiger partial charge in [-0.2, -0.15) is 0 Å². The van der Waals surface area contributed by atoms with Gasteiger partial charge in [0.1, 0.15) is 5.82 Å². The summed E-state index contributed by atoms with van der Waals surface area (Å²) in [7, 11) is 0. The molecule has 0 aliphatic carbocycles. The summed E-state index contributed by atoms with van der Waals surface area (Å²) in [6.45, 7) is 1.94. The smallest absolute Gasteiger partial charge is 0.229 e. The Morgan fingerprint density at radius 1 is 1.42 bits per heavy atom. The van der Waals surface area contributed by atoms with Crippen molar-refractivity contribution in [2.75, 3.05) is 5.32 Å². The first kappa shape index (κ1) is 14.0. The Morgan fingerprint density at radius 2 is 2.21 bits per heavy atom. The number of rotatable bonds is 3. The van der Waals surface area contributed by atoms with Crippen molar-refractivity contribution < 1.29 is 4.79 Å². The SMILES string of the molecule is Cc1cc(NC(=O)Cc2cccc(Cl)c2)ncc1Br. The lowest BCUT2D eigenvalue weighted by Gasteiger charge is -2.06. The highest BCUT2D eigenvalue weighted by molar-refractivity contribution is 9.10. The van der Waals surface area contributed by atoms with Gasteiger partial charge in [0.25, 0.3) is 0 Å². The first-order valence-electron chi connectivity index (χ1n) is 5.71. The molecule has 0 bridgehead atoms. The summed E-state index contributed by atoms with van der Waals surface area (Å²) >= 11 is 9.24. The first-order chi connectivity index (χ1) is 9.04. The quantitative estimate of drug-likeness (QED) is 0.919. The maximum atomic E-state index is 11.9. The molecule has 2 rings (SSSR count). The summed E-state index contributed by atoms with van der Waals surface area (Å²) in [6.07, 6.45) is 1.95. The topological polar surface area (TPSA) is 42.0 Å². The summed E-state index contributed by atoms with van der Waals surface area (Å²) in [6, 6.07) is 9.07. The van der Waals surface area contributed by atoms with Gasteiger partial charge in [0.05, 0.1) is 6.42 Å². The zero-order chi connectivity index (χ0) is 13.8. The molecule has 3 nitrogen and oxygen atoms in total. The molecule has 0 aliphatic heterocycles. The van der Waals surface area contributed by atoms with Crippen molar-refractivity contribution in [3.8, 4) is 0 Å². The molecule has 0 saturated heterocycles. The Bertz CT molecular complexity index is 616. The van der Waals surface area contributed by atoms with Crippen LogP contribution in [0.25, 0.3) is 0 Å². The summed E-state index contributed by atoms with van der Waals surface area (Å²) in [5, 5.41) is 3.39. The molecule has 0 fully saturated rings. The predicted octanol–water partition coefficient (Wildman–Crippen LogP) is 3.99. The fraction of sp³-hybridized carbons (Fsp3) is 0.143. The lowest BCUT2D eigenvalue weighted by atomic mass is 10.1. The molecule has 0 unspecified atom stereocenters. The molecule has 1 N–H and O–H groups in total. The lowest BCUT2D eigenvalue weighted by Crippen LogP contribution is -2.15. The second-order valence-corrected chi connectivity index (χ2v) is 5.46. The van der Waals surface area contributed by atoms with Crippen LogP contribution in [0.15, 0.2) is 41.0 Å². The molecule has 1 heterocycles. The van der Waals surface area contributed by atoms with E-state index >= 15 is 0 Å². The number of hydrogen-bond acceptors (Lipinski definition) is 2. The highest BCUT2D eigenvalue weighted by Crippen LogP contribution is 2.17. The van der Waals surface area contributed by atoms with E-state index < -0.39 is 0 Å². The fourth-order valence-electron chi connectivity index (χ4n) is 1.63. The normalized spacial score (nSPS) is 10.3. The number of aromatic nitrogens is 1. The van der Waals surface area contributed by atoms with Crippen LogP contribution in [0.1, 0.15) is 11.1 Å². The van der Waals surface area contributed by atoms with E-state index in [0.29, 0.717) is 10.8 Å². The summed E-state index contributed by atoms with van der Waals surface area (Å²) in [5.41, 5.74) is 1.90. The number of benzene rings is 1. The Hall–Kier alpha value is -1.39. The van der Waals surface area contributed by atoms with Crippen molar-refractivity contribution in [3.63, 3.8) is 0 Å². The maximum Gasteiger partial charge on any atom is 0.229 e. The molecule has 5 heteroatoms. The Labute approximate surface area is 125 Å². The largest absolute Gasteiger partial charge is 0.310 e. The van der Waals surface area contributed by atoms with Crippen LogP contribution < -0.4 is 5.32 Å². The molecular formula is C14H12BrClN2O. The monoisotopic (exact) mass is 338 g/mol. The summed E-state index contributed by atoms with van der Waals surface area (Å²) in [4.78, 5) is 16.0. The van der Waals surface area contributed by atoms with E-state index in [2.05, 4.69) is 26.2 Å². The van der Waals surface area contributed by atoms with Crippen LogP contribution in [0.4, 0.5) is 5.82 Å². The van der Waals surface area contributed by atoms with Crippen molar-refractivity contribution in [2.24, 2.45) is 0 Å². The van der Waals surface area contributed by atoms with E-state index in [4.69, 9.17) is 11.6 Å². The van der Waals surface area contributed by atoms with E-state index in [9.17, 15) is 4.79 Å². The standard InChI is InChI=1S/C14H12BrClN2O/c1-9-5-13(17-8-12(9)15)18-14(19)7-10-3-2-4-11(16)6-10/h2-6,8H,7H2,1H3,(H,17,18,19). The number of carbonyl (C=O) groups excluding carboxylic acids is 1. The van der Waals surface area contributed by atoms with E-state index in [1.165, 1.54) is 0 Å². The van der Waals surface area contributed by atoms with Crippen LogP contribution in [-0.4, -0.2) is 10.9 Å². The van der Waals surface area contributed by atoms with Gasteiger partial charge in [0.15, 0.2) is 0 Å². The second kappa shape index (κ2) is 6.17. The van der Waals surface area contributed by atoms with Gasteiger partial charge in [-0.3, -0.25) is 4.79 Å². The average molecular weight is 340 g/mol. The van der Waals surface area contributed by atoms with Crippen molar-refractivity contribution >= 4 is 39.3 Å². The summed E-state index contributed by atoms with van der Waals surface area (Å²) in [5.74, 6) is 0.434. The van der Waals surface area contributed by atoms with Crippen molar-refractivity contribution in [1.82, 2.24) is 4.98 Å². The van der Waals surface area contributed by atoms with Crippen LogP contribution in [0, 0.1) is 6.92 Å². The number of aryl methyl sites for hydroxylation is 1. The van der Waals surface area contributed by atoms with Crippen molar-refractivity contribution in [2.45, 2.75) is 13.3 Å². The minimum atomic E-state index is -0.114. The molecule has 19 heavy (non-hydrogen) atoms. The molecule has 1 aromatic heterocycles. The zero-order valence-corrected chi connectivity index (χ0v) is 12.6. The van der Waals surface area contributed by atoms with Crippen LogP contribution in [-0.2, 0) is 11.2 Å². The van der Waals surface area contributed by atoms with Crippen LogP contribution in [0.3, 0.4) is 0 Å². The molecule has 0 atom stereocenters. The van der Waals surface area contributed by atoms with Crippen LogP contribution in [0.5, 0.6) is 0 Å². The number of pyridine rings is 1. The van der Waals surface area contributed by atoms with Crippen molar-refractivity contribution in [1.29, 1.82) is 0 Å². The fourth-order valence-corrected chi connectivity index (χ4v) is 2.06. The van der Waals surface area contributed by atoms with Gasteiger partial charge >= 0.3 is 0 Å². The van der Waals surface area contributed by atoms with Gasteiger partial charge < -0.3 is 5.32 Å². The minimum absolute atomic E-state index is 0.114. The Balaban J connectivity index is 2.03. The molecule has 0 spiro atoms. The van der Waals surface area contributed by atoms with Crippen LogP contribution in [0.2, 0.25) is 5.02 Å². The van der Waals surface area contributed by atoms with Gasteiger partial charge in [-0.15, -0.1) is 0 Å². The van der Waals surface area contributed by atoms with E-state index in [1.54, 1.807) is 18.3 Å². The van der Waals surface area contributed by atoms with Crippen molar-refractivity contribution in [3.05, 3.63) is 57.2 Å². The van der Waals surface area contributed by atoms with Crippen LogP contribution >= 0.6 is 27.5 Å². The number of nitrogens with one attached hydrogen (secondary N) is 1. The van der Waals surface area contributed by atoms with E-state index in [-0.39, 0.29) is 12.3 Å². The highest BCUT2D eigenvalue weighted by atomic mass is 79.9. The lowest BCUT2D eigenvalue weighted by molar-refractivity contribution is -0.115. The van der Waals surface area contributed by atoms with E-state index in [1.807, 2.05) is 25.1 Å². The molecular weight excluding hydrogens is 328 g/mol.